The van der Waals surface area contributed by atoms with Gasteiger partial charge in [0.15, 0.2) is 0 Å². The van der Waals surface area contributed by atoms with Crippen molar-refractivity contribution in [1.82, 2.24) is 4.90 Å². The van der Waals surface area contributed by atoms with Crippen LogP contribution in [-0.2, 0) is 4.79 Å². The summed E-state index contributed by atoms with van der Waals surface area (Å²) >= 11 is 3.21. The van der Waals surface area contributed by atoms with E-state index in [1.54, 1.807) is 0 Å². The summed E-state index contributed by atoms with van der Waals surface area (Å²) < 4.78 is 14.4. The zero-order valence-electron chi connectivity index (χ0n) is 10.8. The number of hydrogen-bond acceptors (Lipinski definition) is 2. The van der Waals surface area contributed by atoms with Crippen LogP contribution in [0.4, 0.5) is 4.39 Å². The van der Waals surface area contributed by atoms with Crippen molar-refractivity contribution in [3.63, 3.8) is 0 Å². The molecule has 1 N–H and O–H groups in total. The summed E-state index contributed by atoms with van der Waals surface area (Å²) in [5.41, 5.74) is -0.0170. The van der Waals surface area contributed by atoms with E-state index in [9.17, 15) is 14.0 Å². The standard InChI is InChI=1S/C14H15BrFNO3/c15-9-4-5-12(16)11(7-9)14(20)17-6-2-1-3-10(17)8-13(18)19/h4-5,7,10H,1-3,6,8H2,(H,18,19). The molecule has 1 aliphatic heterocycles. The molecule has 6 heteroatoms. The molecule has 20 heavy (non-hydrogen) atoms. The van der Waals surface area contributed by atoms with Gasteiger partial charge in [-0.15, -0.1) is 0 Å². The maximum Gasteiger partial charge on any atom is 0.305 e. The Morgan fingerprint density at radius 2 is 2.15 bits per heavy atom. The molecular formula is C14H15BrFNO3. The maximum atomic E-state index is 13.8. The number of aliphatic carboxylic acids is 1. The fraction of sp³-hybridized carbons (Fsp3) is 0.429. The first kappa shape index (κ1) is 15.0. The van der Waals surface area contributed by atoms with Gasteiger partial charge < -0.3 is 10.0 Å². The Labute approximate surface area is 124 Å². The number of likely N-dealkylation sites (tertiary alicyclic amines) is 1. The summed E-state index contributed by atoms with van der Waals surface area (Å²) in [6.07, 6.45) is 2.26. The normalized spacial score (nSPS) is 18.9. The highest BCUT2D eigenvalue weighted by Gasteiger charge is 2.30. The highest BCUT2D eigenvalue weighted by molar-refractivity contribution is 9.10. The van der Waals surface area contributed by atoms with Gasteiger partial charge in [-0.25, -0.2) is 4.39 Å². The van der Waals surface area contributed by atoms with Gasteiger partial charge in [0.25, 0.3) is 5.91 Å². The molecule has 1 unspecified atom stereocenters. The van der Waals surface area contributed by atoms with E-state index in [1.807, 2.05) is 0 Å². The van der Waals surface area contributed by atoms with Gasteiger partial charge in [-0.2, -0.15) is 0 Å². The molecule has 0 spiro atoms. The molecule has 108 valence electrons. The minimum absolute atomic E-state index is 0.0170. The minimum Gasteiger partial charge on any atom is -0.481 e. The number of amides is 1. The van der Waals surface area contributed by atoms with E-state index in [0.29, 0.717) is 17.4 Å². The second-order valence-electron chi connectivity index (χ2n) is 4.87. The van der Waals surface area contributed by atoms with Crippen LogP contribution >= 0.6 is 15.9 Å². The average molecular weight is 344 g/mol. The van der Waals surface area contributed by atoms with Gasteiger partial charge in [-0.05, 0) is 37.5 Å². The Hall–Kier alpha value is -1.43. The summed E-state index contributed by atoms with van der Waals surface area (Å²) in [6.45, 7) is 0.475. The number of piperidine rings is 1. The monoisotopic (exact) mass is 343 g/mol. The molecule has 1 fully saturated rings. The molecule has 1 atom stereocenters. The number of carbonyl (C=O) groups is 2. The number of carboxylic acids is 1. The quantitative estimate of drug-likeness (QED) is 0.917. The van der Waals surface area contributed by atoms with Crippen LogP contribution in [0, 0.1) is 5.82 Å². The molecule has 2 rings (SSSR count). The molecule has 4 nitrogen and oxygen atoms in total. The topological polar surface area (TPSA) is 57.6 Å². The Morgan fingerprint density at radius 1 is 1.40 bits per heavy atom. The van der Waals surface area contributed by atoms with Crippen molar-refractivity contribution in [3.05, 3.63) is 34.1 Å². The number of benzene rings is 1. The molecule has 0 aliphatic carbocycles. The molecular weight excluding hydrogens is 329 g/mol. The highest BCUT2D eigenvalue weighted by Crippen LogP contribution is 2.24. The van der Waals surface area contributed by atoms with Gasteiger partial charge in [-0.1, -0.05) is 15.9 Å². The fourth-order valence-electron chi connectivity index (χ4n) is 2.50. The third kappa shape index (κ3) is 3.36. The fourth-order valence-corrected chi connectivity index (χ4v) is 2.86. The summed E-state index contributed by atoms with van der Waals surface area (Å²) in [5, 5.41) is 8.92. The molecule has 0 radical (unpaired) electrons. The van der Waals surface area contributed by atoms with Crippen LogP contribution < -0.4 is 0 Å². The molecule has 0 saturated carbocycles. The molecule has 1 amide bonds. The van der Waals surface area contributed by atoms with E-state index in [1.165, 1.54) is 23.1 Å². The van der Waals surface area contributed by atoms with E-state index in [0.717, 1.165) is 12.8 Å². The molecule has 1 saturated heterocycles. The average Bonchev–Trinajstić information content (AvgIpc) is 2.41. The number of nitrogens with zero attached hydrogens (tertiary/aromatic N) is 1. The van der Waals surface area contributed by atoms with Crippen molar-refractivity contribution in [2.45, 2.75) is 31.7 Å². The third-order valence-electron chi connectivity index (χ3n) is 3.46. The molecule has 1 aromatic rings. The summed E-state index contributed by atoms with van der Waals surface area (Å²) in [7, 11) is 0. The summed E-state index contributed by atoms with van der Waals surface area (Å²) in [5.74, 6) is -1.96. The van der Waals surface area contributed by atoms with Gasteiger partial charge >= 0.3 is 5.97 Å². The van der Waals surface area contributed by atoms with Crippen LogP contribution in [0.3, 0.4) is 0 Å². The molecule has 1 heterocycles. The molecule has 0 bridgehead atoms. The first-order valence-corrected chi connectivity index (χ1v) is 7.26. The lowest BCUT2D eigenvalue weighted by Crippen LogP contribution is -2.45. The Bertz CT molecular complexity index is 535. The lowest BCUT2D eigenvalue weighted by atomic mass is 9.98. The van der Waals surface area contributed by atoms with E-state index in [4.69, 9.17) is 5.11 Å². The van der Waals surface area contributed by atoms with Gasteiger partial charge in [0.2, 0.25) is 0 Å². The predicted octanol–water partition coefficient (Wildman–Crippen LogP) is 3.06. The van der Waals surface area contributed by atoms with Crippen molar-refractivity contribution in [2.75, 3.05) is 6.54 Å². The van der Waals surface area contributed by atoms with Crippen LogP contribution in [0.1, 0.15) is 36.0 Å². The van der Waals surface area contributed by atoms with Crippen molar-refractivity contribution in [1.29, 1.82) is 0 Å². The largest absolute Gasteiger partial charge is 0.481 e. The third-order valence-corrected chi connectivity index (χ3v) is 3.95. The van der Waals surface area contributed by atoms with Gasteiger partial charge in [-0.3, -0.25) is 9.59 Å². The zero-order chi connectivity index (χ0) is 14.7. The van der Waals surface area contributed by atoms with Crippen LogP contribution in [0.2, 0.25) is 0 Å². The Morgan fingerprint density at radius 3 is 2.85 bits per heavy atom. The van der Waals surface area contributed by atoms with E-state index < -0.39 is 17.7 Å². The Balaban J connectivity index is 2.25. The smallest absolute Gasteiger partial charge is 0.305 e. The highest BCUT2D eigenvalue weighted by atomic mass is 79.9. The second kappa shape index (κ2) is 6.35. The first-order chi connectivity index (χ1) is 9.49. The van der Waals surface area contributed by atoms with Crippen LogP contribution in [0.15, 0.2) is 22.7 Å². The number of hydrogen-bond donors (Lipinski definition) is 1. The van der Waals surface area contributed by atoms with Crippen molar-refractivity contribution < 1.29 is 19.1 Å². The van der Waals surface area contributed by atoms with Crippen LogP contribution in [0.25, 0.3) is 0 Å². The first-order valence-electron chi connectivity index (χ1n) is 6.47. The molecule has 1 aliphatic rings. The zero-order valence-corrected chi connectivity index (χ0v) is 12.4. The van der Waals surface area contributed by atoms with E-state index in [2.05, 4.69) is 15.9 Å². The van der Waals surface area contributed by atoms with E-state index >= 15 is 0 Å². The van der Waals surface area contributed by atoms with Gasteiger partial charge in [0, 0.05) is 17.1 Å². The summed E-state index contributed by atoms with van der Waals surface area (Å²) in [4.78, 5) is 24.8. The van der Waals surface area contributed by atoms with E-state index in [-0.39, 0.29) is 18.0 Å². The number of rotatable bonds is 3. The predicted molar refractivity (Wildman–Crippen MR) is 75.0 cm³/mol. The number of carboxylic acid groups (broad SMARTS) is 1. The molecule has 0 aromatic heterocycles. The lowest BCUT2D eigenvalue weighted by molar-refractivity contribution is -0.138. The Kier molecular flexibility index (Phi) is 4.75. The van der Waals surface area contributed by atoms with Crippen molar-refractivity contribution in [2.24, 2.45) is 0 Å². The number of carbonyl (C=O) groups excluding carboxylic acids is 1. The van der Waals surface area contributed by atoms with Crippen molar-refractivity contribution >= 4 is 27.8 Å². The SMILES string of the molecule is O=C(O)CC1CCCCN1C(=O)c1cc(Br)ccc1F. The lowest BCUT2D eigenvalue weighted by Gasteiger charge is -2.35. The van der Waals surface area contributed by atoms with Gasteiger partial charge in [0.05, 0.1) is 12.0 Å². The van der Waals surface area contributed by atoms with Crippen LogP contribution in [-0.4, -0.2) is 34.5 Å². The van der Waals surface area contributed by atoms with Crippen molar-refractivity contribution in [3.8, 4) is 0 Å². The second-order valence-corrected chi connectivity index (χ2v) is 5.79. The number of halogens is 2. The summed E-state index contributed by atoms with van der Waals surface area (Å²) in [6, 6.07) is 3.83. The minimum atomic E-state index is -0.940. The van der Waals surface area contributed by atoms with Gasteiger partial charge in [0.1, 0.15) is 5.82 Å². The maximum absolute atomic E-state index is 13.8. The van der Waals surface area contributed by atoms with Crippen LogP contribution in [0.5, 0.6) is 0 Å². The molecule has 1 aromatic carbocycles.